The summed E-state index contributed by atoms with van der Waals surface area (Å²) in [5.74, 6) is 0. The minimum absolute atomic E-state index is 0.905. The summed E-state index contributed by atoms with van der Waals surface area (Å²) in [4.78, 5) is 2.25. The Kier molecular flexibility index (Phi) is 4.07. The molecule has 0 aliphatic carbocycles. The number of alkyl halides is 1. The molecule has 0 N–H and O–H groups in total. The highest BCUT2D eigenvalue weighted by Gasteiger charge is 2.09. The van der Waals surface area contributed by atoms with Crippen molar-refractivity contribution >= 4 is 27.3 Å². The first-order valence-electron chi connectivity index (χ1n) is 6.08. The molecule has 0 atom stereocenters. The zero-order chi connectivity index (χ0) is 13.1. The molecule has 0 spiro atoms. The van der Waals surface area contributed by atoms with Crippen LogP contribution in [0.5, 0.6) is 0 Å². The molecular formula is C16H18BrN. The van der Waals surface area contributed by atoms with Crippen LogP contribution in [0, 0.1) is 13.8 Å². The molecule has 18 heavy (non-hydrogen) atoms. The number of hydrogen-bond donors (Lipinski definition) is 0. The van der Waals surface area contributed by atoms with E-state index in [1.807, 2.05) is 0 Å². The lowest BCUT2D eigenvalue weighted by atomic mass is 10.1. The zero-order valence-corrected chi connectivity index (χ0v) is 12.7. The standard InChI is InChI=1S/C16H18BrN/c1-12-6-4-5-7-15(12)18(3)16-9-8-14(11-17)10-13(16)2/h4-10H,11H2,1-3H3. The lowest BCUT2D eigenvalue weighted by Gasteiger charge is -2.23. The fraction of sp³-hybridized carbons (Fsp3) is 0.250. The molecule has 2 heteroatoms. The van der Waals surface area contributed by atoms with Crippen molar-refractivity contribution in [2.45, 2.75) is 19.2 Å². The van der Waals surface area contributed by atoms with Crippen molar-refractivity contribution in [1.29, 1.82) is 0 Å². The third-order valence-corrected chi connectivity index (χ3v) is 3.90. The maximum Gasteiger partial charge on any atom is 0.0438 e. The largest absolute Gasteiger partial charge is 0.344 e. The predicted molar refractivity (Wildman–Crippen MR) is 83.1 cm³/mol. The van der Waals surface area contributed by atoms with E-state index in [4.69, 9.17) is 0 Å². The number of rotatable bonds is 3. The number of anilines is 2. The molecule has 0 aliphatic heterocycles. The van der Waals surface area contributed by atoms with Crippen LogP contribution in [0.4, 0.5) is 11.4 Å². The maximum atomic E-state index is 3.50. The van der Waals surface area contributed by atoms with Crippen molar-refractivity contribution in [3.8, 4) is 0 Å². The minimum Gasteiger partial charge on any atom is -0.344 e. The molecule has 2 aromatic rings. The van der Waals surface area contributed by atoms with Gasteiger partial charge in [0.2, 0.25) is 0 Å². The quantitative estimate of drug-likeness (QED) is 0.724. The fourth-order valence-corrected chi connectivity index (χ4v) is 2.60. The first-order chi connectivity index (χ1) is 8.63. The van der Waals surface area contributed by atoms with E-state index in [-0.39, 0.29) is 0 Å². The van der Waals surface area contributed by atoms with E-state index in [1.165, 1.54) is 28.1 Å². The van der Waals surface area contributed by atoms with Gasteiger partial charge in [-0.3, -0.25) is 0 Å². The zero-order valence-electron chi connectivity index (χ0n) is 11.1. The van der Waals surface area contributed by atoms with Gasteiger partial charge in [-0.25, -0.2) is 0 Å². The average Bonchev–Trinajstić information content (AvgIpc) is 2.38. The molecule has 2 rings (SSSR count). The van der Waals surface area contributed by atoms with E-state index < -0.39 is 0 Å². The van der Waals surface area contributed by atoms with Gasteiger partial charge in [-0.1, -0.05) is 46.3 Å². The fourth-order valence-electron chi connectivity index (χ4n) is 2.25. The van der Waals surface area contributed by atoms with Gasteiger partial charge in [0, 0.05) is 23.8 Å². The normalized spacial score (nSPS) is 10.4. The van der Waals surface area contributed by atoms with Gasteiger partial charge >= 0.3 is 0 Å². The summed E-state index contributed by atoms with van der Waals surface area (Å²) < 4.78 is 0. The molecule has 0 unspecified atom stereocenters. The average molecular weight is 304 g/mol. The van der Waals surface area contributed by atoms with E-state index in [0.717, 1.165) is 5.33 Å². The molecular weight excluding hydrogens is 286 g/mol. The van der Waals surface area contributed by atoms with Gasteiger partial charge in [0.25, 0.3) is 0 Å². The Bertz CT molecular complexity index is 549. The Morgan fingerprint density at radius 2 is 1.61 bits per heavy atom. The van der Waals surface area contributed by atoms with Gasteiger partial charge < -0.3 is 4.90 Å². The van der Waals surface area contributed by atoms with Gasteiger partial charge in [-0.05, 0) is 42.7 Å². The van der Waals surface area contributed by atoms with Crippen molar-refractivity contribution in [3.05, 3.63) is 59.2 Å². The maximum absolute atomic E-state index is 3.50. The molecule has 0 heterocycles. The van der Waals surface area contributed by atoms with Gasteiger partial charge in [0.05, 0.1) is 0 Å². The highest BCUT2D eigenvalue weighted by Crippen LogP contribution is 2.29. The summed E-state index contributed by atoms with van der Waals surface area (Å²) in [5, 5.41) is 0.905. The van der Waals surface area contributed by atoms with Crippen LogP contribution in [-0.2, 0) is 5.33 Å². The Hall–Kier alpha value is -1.28. The molecule has 0 bridgehead atoms. The van der Waals surface area contributed by atoms with E-state index >= 15 is 0 Å². The SMILES string of the molecule is Cc1ccccc1N(C)c1ccc(CBr)cc1C. The Balaban J connectivity index is 2.40. The van der Waals surface area contributed by atoms with Crippen molar-refractivity contribution in [2.75, 3.05) is 11.9 Å². The van der Waals surface area contributed by atoms with Gasteiger partial charge in [0.1, 0.15) is 0 Å². The second-order valence-corrected chi connectivity index (χ2v) is 5.16. The first kappa shape index (κ1) is 13.2. The lowest BCUT2D eigenvalue weighted by Crippen LogP contribution is -2.12. The third kappa shape index (κ3) is 2.59. The molecule has 0 radical (unpaired) electrons. The van der Waals surface area contributed by atoms with Crippen molar-refractivity contribution in [2.24, 2.45) is 0 Å². The molecule has 0 aliphatic rings. The second-order valence-electron chi connectivity index (χ2n) is 4.60. The van der Waals surface area contributed by atoms with Crippen LogP contribution in [-0.4, -0.2) is 7.05 Å². The molecule has 2 aromatic carbocycles. The highest BCUT2D eigenvalue weighted by molar-refractivity contribution is 9.08. The molecule has 0 amide bonds. The van der Waals surface area contributed by atoms with Crippen LogP contribution in [0.25, 0.3) is 0 Å². The van der Waals surface area contributed by atoms with E-state index in [0.29, 0.717) is 0 Å². The molecule has 0 saturated heterocycles. The highest BCUT2D eigenvalue weighted by atomic mass is 79.9. The molecule has 1 nitrogen and oxygen atoms in total. The number of aryl methyl sites for hydroxylation is 2. The van der Waals surface area contributed by atoms with Gasteiger partial charge in [-0.15, -0.1) is 0 Å². The summed E-state index contributed by atoms with van der Waals surface area (Å²) in [5.41, 5.74) is 6.43. The molecule has 0 saturated carbocycles. The van der Waals surface area contributed by atoms with Crippen LogP contribution in [0.1, 0.15) is 16.7 Å². The summed E-state index contributed by atoms with van der Waals surface area (Å²) >= 11 is 3.50. The number of hydrogen-bond acceptors (Lipinski definition) is 1. The van der Waals surface area contributed by atoms with Crippen LogP contribution >= 0.6 is 15.9 Å². The monoisotopic (exact) mass is 303 g/mol. The predicted octanol–water partition coefficient (Wildman–Crippen LogP) is 4.97. The van der Waals surface area contributed by atoms with Crippen LogP contribution in [0.2, 0.25) is 0 Å². The number of para-hydroxylation sites is 1. The molecule has 0 aromatic heterocycles. The summed E-state index contributed by atoms with van der Waals surface area (Å²) in [6.45, 7) is 4.31. The van der Waals surface area contributed by atoms with Crippen LogP contribution in [0.15, 0.2) is 42.5 Å². The summed E-state index contributed by atoms with van der Waals surface area (Å²) in [6.07, 6.45) is 0. The third-order valence-electron chi connectivity index (χ3n) is 3.25. The van der Waals surface area contributed by atoms with Crippen molar-refractivity contribution in [1.82, 2.24) is 0 Å². The molecule has 0 fully saturated rings. The van der Waals surface area contributed by atoms with Gasteiger partial charge in [0.15, 0.2) is 0 Å². The second kappa shape index (κ2) is 5.57. The lowest BCUT2D eigenvalue weighted by molar-refractivity contribution is 1.16. The van der Waals surface area contributed by atoms with Crippen LogP contribution < -0.4 is 4.90 Å². The smallest absolute Gasteiger partial charge is 0.0438 e. The number of benzene rings is 2. The summed E-state index contributed by atoms with van der Waals surface area (Å²) in [7, 11) is 2.12. The Morgan fingerprint density at radius 3 is 2.22 bits per heavy atom. The summed E-state index contributed by atoms with van der Waals surface area (Å²) in [6, 6.07) is 15.1. The number of nitrogens with zero attached hydrogens (tertiary/aromatic N) is 1. The van der Waals surface area contributed by atoms with Crippen molar-refractivity contribution in [3.63, 3.8) is 0 Å². The van der Waals surface area contributed by atoms with Gasteiger partial charge in [-0.2, -0.15) is 0 Å². The topological polar surface area (TPSA) is 3.24 Å². The Morgan fingerprint density at radius 1 is 0.944 bits per heavy atom. The first-order valence-corrected chi connectivity index (χ1v) is 7.20. The van der Waals surface area contributed by atoms with E-state index in [1.54, 1.807) is 0 Å². The molecule has 94 valence electrons. The van der Waals surface area contributed by atoms with E-state index in [2.05, 4.69) is 84.2 Å². The van der Waals surface area contributed by atoms with E-state index in [9.17, 15) is 0 Å². The van der Waals surface area contributed by atoms with Crippen LogP contribution in [0.3, 0.4) is 0 Å². The van der Waals surface area contributed by atoms with Crippen molar-refractivity contribution < 1.29 is 0 Å². The number of halogens is 1. The Labute approximate surface area is 118 Å². The minimum atomic E-state index is 0.905.